The molecule has 0 bridgehead atoms. The third-order valence-electron chi connectivity index (χ3n) is 3.45. The molecular formula is C18H16N2O2. The van der Waals surface area contributed by atoms with Gasteiger partial charge < -0.3 is 9.67 Å². The zero-order valence-electron chi connectivity index (χ0n) is 12.0. The average Bonchev–Trinajstić information content (AvgIpc) is 2.98. The number of hydrogen-bond acceptors (Lipinski definition) is 2. The lowest BCUT2D eigenvalue weighted by atomic mass is 10.1. The predicted octanol–water partition coefficient (Wildman–Crippen LogP) is 3.23. The largest absolute Gasteiger partial charge is 0.481 e. The van der Waals surface area contributed by atoms with Crippen LogP contribution < -0.4 is 0 Å². The molecule has 0 amide bonds. The Morgan fingerprint density at radius 1 is 1.00 bits per heavy atom. The van der Waals surface area contributed by atoms with E-state index in [9.17, 15) is 4.79 Å². The Morgan fingerprint density at radius 2 is 1.68 bits per heavy atom. The number of carboxylic acid groups (broad SMARTS) is 1. The molecule has 0 unspecified atom stereocenters. The fraction of sp³-hybridized carbons (Fsp3) is 0.111. The monoisotopic (exact) mass is 292 g/mol. The van der Waals surface area contributed by atoms with Crippen molar-refractivity contribution in [1.29, 1.82) is 0 Å². The van der Waals surface area contributed by atoms with Crippen LogP contribution in [-0.2, 0) is 17.8 Å². The predicted molar refractivity (Wildman–Crippen MR) is 84.5 cm³/mol. The Hall–Kier alpha value is -2.88. The molecule has 0 spiro atoms. The minimum absolute atomic E-state index is 0.0590. The van der Waals surface area contributed by atoms with E-state index in [1.54, 1.807) is 0 Å². The van der Waals surface area contributed by atoms with Crippen LogP contribution in [0.1, 0.15) is 11.1 Å². The van der Waals surface area contributed by atoms with Gasteiger partial charge in [-0.25, -0.2) is 4.98 Å². The number of hydrogen-bond donors (Lipinski definition) is 1. The number of carbonyl (C=O) groups is 1. The fourth-order valence-electron chi connectivity index (χ4n) is 2.35. The second-order valence-corrected chi connectivity index (χ2v) is 5.18. The van der Waals surface area contributed by atoms with Crippen molar-refractivity contribution in [2.45, 2.75) is 13.0 Å². The lowest BCUT2D eigenvalue weighted by molar-refractivity contribution is -0.136. The van der Waals surface area contributed by atoms with Crippen molar-refractivity contribution in [3.8, 4) is 11.3 Å². The van der Waals surface area contributed by atoms with Crippen LogP contribution in [0.5, 0.6) is 0 Å². The number of benzene rings is 2. The lowest BCUT2D eigenvalue weighted by Gasteiger charge is -2.04. The molecule has 110 valence electrons. The van der Waals surface area contributed by atoms with Crippen molar-refractivity contribution in [3.63, 3.8) is 0 Å². The van der Waals surface area contributed by atoms with Crippen LogP contribution in [0, 0.1) is 0 Å². The third-order valence-corrected chi connectivity index (χ3v) is 3.45. The normalized spacial score (nSPS) is 10.5. The van der Waals surface area contributed by atoms with Gasteiger partial charge in [-0.1, -0.05) is 54.6 Å². The summed E-state index contributed by atoms with van der Waals surface area (Å²) < 4.78 is 2.02. The van der Waals surface area contributed by atoms with Crippen molar-refractivity contribution in [1.82, 2.24) is 9.55 Å². The summed E-state index contributed by atoms with van der Waals surface area (Å²) in [6, 6.07) is 17.7. The van der Waals surface area contributed by atoms with E-state index >= 15 is 0 Å². The quantitative estimate of drug-likeness (QED) is 0.785. The molecule has 3 aromatic rings. The molecule has 4 heteroatoms. The molecule has 0 atom stereocenters. The average molecular weight is 292 g/mol. The summed E-state index contributed by atoms with van der Waals surface area (Å²) in [6.45, 7) is 0.715. The van der Waals surface area contributed by atoms with Gasteiger partial charge in [-0.15, -0.1) is 0 Å². The van der Waals surface area contributed by atoms with Gasteiger partial charge in [0.05, 0.1) is 18.4 Å². The first-order chi connectivity index (χ1) is 10.7. The van der Waals surface area contributed by atoms with Gasteiger partial charge in [0.2, 0.25) is 0 Å². The number of aliphatic carboxylic acids is 1. The number of imidazole rings is 1. The first-order valence-electron chi connectivity index (χ1n) is 7.07. The van der Waals surface area contributed by atoms with E-state index in [1.165, 1.54) is 0 Å². The zero-order valence-corrected chi connectivity index (χ0v) is 12.0. The maximum atomic E-state index is 10.7. The standard InChI is InChI=1S/C18H16N2O2/c21-18(22)10-14-6-8-15(9-7-14)11-20-12-17(19-13-20)16-4-2-1-3-5-16/h1-9,12-13H,10-11H2,(H,21,22). The van der Waals surface area contributed by atoms with Gasteiger partial charge in [0.1, 0.15) is 0 Å². The molecule has 0 radical (unpaired) electrons. The van der Waals surface area contributed by atoms with Crippen LogP contribution in [0.15, 0.2) is 67.1 Å². The summed E-state index contributed by atoms with van der Waals surface area (Å²) in [7, 11) is 0. The Balaban J connectivity index is 1.71. The van der Waals surface area contributed by atoms with Gasteiger partial charge in [0.15, 0.2) is 0 Å². The summed E-state index contributed by atoms with van der Waals surface area (Å²) in [5.41, 5.74) is 3.97. The minimum Gasteiger partial charge on any atom is -0.481 e. The van der Waals surface area contributed by atoms with Crippen LogP contribution in [0.4, 0.5) is 0 Å². The van der Waals surface area contributed by atoms with Gasteiger partial charge in [0, 0.05) is 18.3 Å². The summed E-state index contributed by atoms with van der Waals surface area (Å²) >= 11 is 0. The smallest absolute Gasteiger partial charge is 0.307 e. The van der Waals surface area contributed by atoms with E-state index in [2.05, 4.69) is 4.98 Å². The summed E-state index contributed by atoms with van der Waals surface area (Å²) in [4.78, 5) is 15.1. The first-order valence-corrected chi connectivity index (χ1v) is 7.07. The van der Waals surface area contributed by atoms with Crippen LogP contribution in [0.25, 0.3) is 11.3 Å². The van der Waals surface area contributed by atoms with Gasteiger partial charge in [0.25, 0.3) is 0 Å². The van der Waals surface area contributed by atoms with Crippen LogP contribution >= 0.6 is 0 Å². The first kappa shape index (κ1) is 14.1. The summed E-state index contributed by atoms with van der Waals surface area (Å²) in [5, 5.41) is 8.77. The highest BCUT2D eigenvalue weighted by atomic mass is 16.4. The van der Waals surface area contributed by atoms with Crippen molar-refractivity contribution in [3.05, 3.63) is 78.2 Å². The number of nitrogens with zero attached hydrogens (tertiary/aromatic N) is 2. The van der Waals surface area contributed by atoms with E-state index in [1.807, 2.05) is 71.7 Å². The van der Waals surface area contributed by atoms with Crippen molar-refractivity contribution in [2.75, 3.05) is 0 Å². The molecular weight excluding hydrogens is 276 g/mol. The lowest BCUT2D eigenvalue weighted by Crippen LogP contribution is -2.01. The van der Waals surface area contributed by atoms with Gasteiger partial charge in [-0.2, -0.15) is 0 Å². The highest BCUT2D eigenvalue weighted by Crippen LogP contribution is 2.16. The fourth-order valence-corrected chi connectivity index (χ4v) is 2.35. The molecule has 0 aliphatic rings. The van der Waals surface area contributed by atoms with Crippen LogP contribution in [0.2, 0.25) is 0 Å². The Bertz CT molecular complexity index is 761. The maximum Gasteiger partial charge on any atom is 0.307 e. The summed E-state index contributed by atoms with van der Waals surface area (Å²) in [5.74, 6) is -0.810. The Morgan fingerprint density at radius 3 is 2.36 bits per heavy atom. The highest BCUT2D eigenvalue weighted by Gasteiger charge is 2.03. The van der Waals surface area contributed by atoms with E-state index < -0.39 is 5.97 Å². The third kappa shape index (κ3) is 3.41. The molecule has 0 saturated carbocycles. The molecule has 1 heterocycles. The second kappa shape index (κ2) is 6.26. The van der Waals surface area contributed by atoms with Crippen molar-refractivity contribution in [2.24, 2.45) is 0 Å². The highest BCUT2D eigenvalue weighted by molar-refractivity contribution is 5.70. The molecule has 1 N–H and O–H groups in total. The van der Waals surface area contributed by atoms with Crippen LogP contribution in [-0.4, -0.2) is 20.6 Å². The zero-order chi connectivity index (χ0) is 15.4. The van der Waals surface area contributed by atoms with Crippen molar-refractivity contribution >= 4 is 5.97 Å². The molecule has 0 aliphatic carbocycles. The molecule has 4 nitrogen and oxygen atoms in total. The maximum absolute atomic E-state index is 10.7. The number of carboxylic acids is 1. The molecule has 22 heavy (non-hydrogen) atoms. The number of rotatable bonds is 5. The molecule has 0 aliphatic heterocycles. The molecule has 0 saturated heterocycles. The van der Waals surface area contributed by atoms with E-state index in [-0.39, 0.29) is 6.42 Å². The minimum atomic E-state index is -0.810. The molecule has 2 aromatic carbocycles. The van der Waals surface area contributed by atoms with Gasteiger partial charge in [-0.05, 0) is 11.1 Å². The molecule has 0 fully saturated rings. The molecule has 3 rings (SSSR count). The van der Waals surface area contributed by atoms with Crippen LogP contribution in [0.3, 0.4) is 0 Å². The topological polar surface area (TPSA) is 55.1 Å². The van der Waals surface area contributed by atoms with Gasteiger partial charge >= 0.3 is 5.97 Å². The van der Waals surface area contributed by atoms with E-state index in [0.29, 0.717) is 6.54 Å². The Labute approximate surface area is 128 Å². The second-order valence-electron chi connectivity index (χ2n) is 5.18. The Kier molecular flexibility index (Phi) is 4.01. The summed E-state index contributed by atoms with van der Waals surface area (Å²) in [6.07, 6.45) is 3.89. The number of aromatic nitrogens is 2. The SMILES string of the molecule is O=C(O)Cc1ccc(Cn2cnc(-c3ccccc3)c2)cc1. The molecule has 1 aromatic heterocycles. The van der Waals surface area contributed by atoms with E-state index in [0.717, 1.165) is 22.4 Å². The van der Waals surface area contributed by atoms with Crippen molar-refractivity contribution < 1.29 is 9.90 Å². The van der Waals surface area contributed by atoms with E-state index in [4.69, 9.17) is 5.11 Å². The van der Waals surface area contributed by atoms with Gasteiger partial charge in [-0.3, -0.25) is 4.79 Å².